The Hall–Kier alpha value is -2.89. The summed E-state index contributed by atoms with van der Waals surface area (Å²) < 4.78 is 18.9. The van der Waals surface area contributed by atoms with E-state index in [4.69, 9.17) is 4.74 Å². The molecule has 0 saturated carbocycles. The first-order valence-corrected chi connectivity index (χ1v) is 9.77. The van der Waals surface area contributed by atoms with Gasteiger partial charge in [-0.05, 0) is 55.2 Å². The highest BCUT2D eigenvalue weighted by Gasteiger charge is 2.26. The molecule has 2 aromatic carbocycles. The lowest BCUT2D eigenvalue weighted by atomic mass is 10.1. The van der Waals surface area contributed by atoms with Crippen LogP contribution in [0.15, 0.2) is 48.5 Å². The lowest BCUT2D eigenvalue weighted by Crippen LogP contribution is -2.49. The van der Waals surface area contributed by atoms with Crippen LogP contribution in [0.3, 0.4) is 0 Å². The molecule has 0 spiro atoms. The first-order valence-electron chi connectivity index (χ1n) is 9.77. The Balaban J connectivity index is 2.12. The fourth-order valence-electron chi connectivity index (χ4n) is 2.75. The number of carbonyl (C=O) groups is 2. The van der Waals surface area contributed by atoms with E-state index >= 15 is 0 Å². The van der Waals surface area contributed by atoms with Crippen LogP contribution in [0, 0.1) is 18.7 Å². The molecular formula is C23H29FN2O3. The number of rotatable bonds is 9. The van der Waals surface area contributed by atoms with Crippen molar-refractivity contribution in [2.24, 2.45) is 5.92 Å². The van der Waals surface area contributed by atoms with Gasteiger partial charge in [-0.25, -0.2) is 4.39 Å². The molecule has 6 heteroatoms. The number of amides is 2. The van der Waals surface area contributed by atoms with Gasteiger partial charge in [0.1, 0.15) is 17.6 Å². The van der Waals surface area contributed by atoms with Crippen LogP contribution in [-0.4, -0.2) is 35.9 Å². The Morgan fingerprint density at radius 2 is 1.79 bits per heavy atom. The number of nitrogens with one attached hydrogen (secondary N) is 1. The van der Waals surface area contributed by atoms with Crippen LogP contribution in [0.4, 0.5) is 4.39 Å². The number of benzene rings is 2. The number of nitrogens with zero attached hydrogens (tertiary/aromatic N) is 1. The van der Waals surface area contributed by atoms with Gasteiger partial charge in [-0.2, -0.15) is 0 Å². The largest absolute Gasteiger partial charge is 0.484 e. The van der Waals surface area contributed by atoms with Crippen molar-refractivity contribution in [3.8, 4) is 5.75 Å². The zero-order valence-electron chi connectivity index (χ0n) is 17.4. The van der Waals surface area contributed by atoms with Crippen LogP contribution in [-0.2, 0) is 16.1 Å². The highest BCUT2D eigenvalue weighted by molar-refractivity contribution is 5.87. The summed E-state index contributed by atoms with van der Waals surface area (Å²) in [6, 6.07) is 12.6. The second-order valence-electron chi connectivity index (χ2n) is 7.57. The molecule has 1 atom stereocenters. The zero-order valence-corrected chi connectivity index (χ0v) is 17.4. The third-order valence-corrected chi connectivity index (χ3v) is 4.47. The van der Waals surface area contributed by atoms with E-state index in [1.54, 1.807) is 25.1 Å². The molecule has 2 amide bonds. The predicted molar refractivity (Wildman–Crippen MR) is 111 cm³/mol. The van der Waals surface area contributed by atoms with Crippen molar-refractivity contribution in [1.29, 1.82) is 0 Å². The maximum Gasteiger partial charge on any atom is 0.261 e. The van der Waals surface area contributed by atoms with Crippen molar-refractivity contribution in [2.75, 3.05) is 13.2 Å². The van der Waals surface area contributed by atoms with E-state index in [0.717, 1.165) is 11.1 Å². The van der Waals surface area contributed by atoms with Crippen LogP contribution in [0.1, 0.15) is 31.9 Å². The van der Waals surface area contributed by atoms with Gasteiger partial charge in [0.25, 0.3) is 5.91 Å². The highest BCUT2D eigenvalue weighted by Crippen LogP contribution is 2.14. The van der Waals surface area contributed by atoms with E-state index < -0.39 is 6.04 Å². The smallest absolute Gasteiger partial charge is 0.261 e. The molecule has 0 aliphatic carbocycles. The van der Waals surface area contributed by atoms with Gasteiger partial charge in [0.2, 0.25) is 5.91 Å². The SMILES string of the molecule is Cc1cccc(OCC(=O)N(Cc2ccc(F)cc2)[C@@H](C)C(=O)NCC(C)C)c1. The molecule has 0 unspecified atom stereocenters. The molecule has 2 aromatic rings. The van der Waals surface area contributed by atoms with Crippen LogP contribution in [0.5, 0.6) is 5.75 Å². The summed E-state index contributed by atoms with van der Waals surface area (Å²) in [4.78, 5) is 26.9. The summed E-state index contributed by atoms with van der Waals surface area (Å²) in [5, 5.41) is 2.86. The standard InChI is InChI=1S/C23H29FN2O3/c1-16(2)13-25-23(28)18(4)26(14-19-8-10-20(24)11-9-19)22(27)15-29-21-7-5-6-17(3)12-21/h5-12,16,18H,13-15H2,1-4H3,(H,25,28)/t18-/m0/s1. The average Bonchev–Trinajstić information content (AvgIpc) is 2.69. The van der Waals surface area contributed by atoms with E-state index in [1.165, 1.54) is 17.0 Å². The topological polar surface area (TPSA) is 58.6 Å². The van der Waals surface area contributed by atoms with E-state index in [2.05, 4.69) is 5.32 Å². The fraction of sp³-hybridized carbons (Fsp3) is 0.391. The Bertz CT molecular complexity index is 821. The summed E-state index contributed by atoms with van der Waals surface area (Å²) in [6.45, 7) is 8.16. The van der Waals surface area contributed by atoms with Crippen molar-refractivity contribution in [3.05, 3.63) is 65.5 Å². The predicted octanol–water partition coefficient (Wildman–Crippen LogP) is 3.70. The Morgan fingerprint density at radius 1 is 1.10 bits per heavy atom. The highest BCUT2D eigenvalue weighted by atomic mass is 19.1. The van der Waals surface area contributed by atoms with Crippen molar-refractivity contribution >= 4 is 11.8 Å². The van der Waals surface area contributed by atoms with E-state index in [1.807, 2.05) is 39.0 Å². The maximum atomic E-state index is 13.2. The molecule has 0 heterocycles. The number of hydrogen-bond acceptors (Lipinski definition) is 3. The second kappa shape index (κ2) is 10.6. The third kappa shape index (κ3) is 7.22. The number of aryl methyl sites for hydroxylation is 1. The van der Waals surface area contributed by atoms with Crippen LogP contribution in [0.25, 0.3) is 0 Å². The van der Waals surface area contributed by atoms with Crippen LogP contribution >= 0.6 is 0 Å². The molecule has 0 bridgehead atoms. The Morgan fingerprint density at radius 3 is 2.41 bits per heavy atom. The van der Waals surface area contributed by atoms with Crippen molar-refractivity contribution in [3.63, 3.8) is 0 Å². The normalized spacial score (nSPS) is 11.8. The van der Waals surface area contributed by atoms with Crippen LogP contribution in [0.2, 0.25) is 0 Å². The van der Waals surface area contributed by atoms with Gasteiger partial charge in [0, 0.05) is 13.1 Å². The molecule has 29 heavy (non-hydrogen) atoms. The second-order valence-corrected chi connectivity index (χ2v) is 7.57. The number of halogens is 1. The molecule has 0 aliphatic rings. The molecule has 0 aliphatic heterocycles. The lowest BCUT2D eigenvalue weighted by Gasteiger charge is -2.29. The molecule has 0 radical (unpaired) electrons. The third-order valence-electron chi connectivity index (χ3n) is 4.47. The fourth-order valence-corrected chi connectivity index (χ4v) is 2.75. The summed E-state index contributed by atoms with van der Waals surface area (Å²) in [5.74, 6) is -0.000995. The van der Waals surface area contributed by atoms with Gasteiger partial charge in [-0.3, -0.25) is 9.59 Å². The molecular weight excluding hydrogens is 371 g/mol. The van der Waals surface area contributed by atoms with Gasteiger partial charge in [0.05, 0.1) is 0 Å². The monoisotopic (exact) mass is 400 g/mol. The Kier molecular flexibility index (Phi) is 8.19. The first-order chi connectivity index (χ1) is 13.8. The molecule has 5 nitrogen and oxygen atoms in total. The van der Waals surface area contributed by atoms with Crippen molar-refractivity contribution in [2.45, 2.75) is 40.3 Å². The first kappa shape index (κ1) is 22.4. The molecule has 0 saturated heterocycles. The van der Waals surface area contributed by atoms with Crippen LogP contribution < -0.4 is 10.1 Å². The number of hydrogen-bond donors (Lipinski definition) is 1. The molecule has 1 N–H and O–H groups in total. The van der Waals surface area contributed by atoms with E-state index in [-0.39, 0.29) is 30.8 Å². The molecule has 156 valence electrons. The minimum Gasteiger partial charge on any atom is -0.484 e. The van der Waals surface area contributed by atoms with E-state index in [0.29, 0.717) is 18.2 Å². The molecule has 2 rings (SSSR count). The summed E-state index contributed by atoms with van der Waals surface area (Å²) in [6.07, 6.45) is 0. The minimum atomic E-state index is -0.688. The van der Waals surface area contributed by atoms with Gasteiger partial charge >= 0.3 is 0 Å². The van der Waals surface area contributed by atoms with Crippen molar-refractivity contribution in [1.82, 2.24) is 10.2 Å². The molecule has 0 fully saturated rings. The Labute approximate surface area is 171 Å². The maximum absolute atomic E-state index is 13.2. The molecule has 0 aromatic heterocycles. The average molecular weight is 400 g/mol. The quantitative estimate of drug-likeness (QED) is 0.698. The summed E-state index contributed by atoms with van der Waals surface area (Å²) >= 11 is 0. The van der Waals surface area contributed by atoms with Gasteiger partial charge in [0.15, 0.2) is 6.61 Å². The number of ether oxygens (including phenoxy) is 1. The van der Waals surface area contributed by atoms with Crippen molar-refractivity contribution < 1.29 is 18.7 Å². The zero-order chi connectivity index (χ0) is 21.4. The van der Waals surface area contributed by atoms with Gasteiger partial charge < -0.3 is 15.0 Å². The van der Waals surface area contributed by atoms with Gasteiger partial charge in [-0.1, -0.05) is 38.1 Å². The lowest BCUT2D eigenvalue weighted by molar-refractivity contribution is -0.142. The van der Waals surface area contributed by atoms with E-state index in [9.17, 15) is 14.0 Å². The summed E-state index contributed by atoms with van der Waals surface area (Å²) in [5.41, 5.74) is 1.76. The van der Waals surface area contributed by atoms with Gasteiger partial charge in [-0.15, -0.1) is 0 Å². The summed E-state index contributed by atoms with van der Waals surface area (Å²) in [7, 11) is 0. The minimum absolute atomic E-state index is 0.187. The number of carbonyl (C=O) groups excluding carboxylic acids is 2.